The number of aromatic nitrogens is 2. The molecule has 0 fully saturated rings. The van der Waals surface area contributed by atoms with Crippen LogP contribution in [0.25, 0.3) is 22.0 Å². The van der Waals surface area contributed by atoms with Gasteiger partial charge in [-0.25, -0.2) is 18.6 Å². The lowest BCUT2D eigenvalue weighted by atomic mass is 9.92. The molecular formula is C23H25F2N3O3. The summed E-state index contributed by atoms with van der Waals surface area (Å²) in [5.74, 6) is -0.827. The summed E-state index contributed by atoms with van der Waals surface area (Å²) in [4.78, 5) is 19.3. The molecule has 0 spiro atoms. The molecule has 0 bridgehead atoms. The molecule has 2 aromatic heterocycles. The predicted octanol–water partition coefficient (Wildman–Crippen LogP) is 5.33. The van der Waals surface area contributed by atoms with Crippen molar-refractivity contribution in [1.29, 1.82) is 0 Å². The number of amides is 1. The van der Waals surface area contributed by atoms with E-state index >= 15 is 0 Å². The van der Waals surface area contributed by atoms with Crippen LogP contribution in [0.2, 0.25) is 0 Å². The number of ether oxygens (including phenoxy) is 1. The van der Waals surface area contributed by atoms with Crippen LogP contribution < -0.4 is 10.1 Å². The molecule has 0 saturated carbocycles. The highest BCUT2D eigenvalue weighted by molar-refractivity contribution is 5.94. The van der Waals surface area contributed by atoms with Crippen molar-refractivity contribution in [3.05, 3.63) is 53.9 Å². The normalized spacial score (nSPS) is 12.6. The summed E-state index contributed by atoms with van der Waals surface area (Å²) in [6.07, 6.45) is 2.62. The molecule has 3 rings (SSSR count). The molecule has 0 radical (unpaired) electrons. The van der Waals surface area contributed by atoms with Crippen LogP contribution in [-0.4, -0.2) is 33.3 Å². The lowest BCUT2D eigenvalue weighted by molar-refractivity contribution is 0.168. The monoisotopic (exact) mass is 429 g/mol. The van der Waals surface area contributed by atoms with Gasteiger partial charge in [-0.3, -0.25) is 4.98 Å². The third-order valence-electron chi connectivity index (χ3n) is 4.91. The standard InChI is InChI=1S/C23H25F2N3O3/c1-13(10-23(3,4)28-22(29)30)12-31-21-14(2)7-15(11-27-21)17-5-6-26-19-9-16(24)8-18(25)20(17)19/h5-9,11,13,28H,10,12H2,1-4H3,(H,29,30). The SMILES string of the molecule is Cc1cc(-c2ccnc3cc(F)cc(F)c23)cnc1OCC(C)CC(C)(C)NC(=O)O. The molecule has 1 atom stereocenters. The van der Waals surface area contributed by atoms with Gasteiger partial charge in [0, 0.05) is 46.6 Å². The van der Waals surface area contributed by atoms with Gasteiger partial charge in [0.15, 0.2) is 0 Å². The summed E-state index contributed by atoms with van der Waals surface area (Å²) >= 11 is 0. The number of nitrogens with one attached hydrogen (secondary N) is 1. The Morgan fingerprint density at radius 1 is 1.26 bits per heavy atom. The van der Waals surface area contributed by atoms with Gasteiger partial charge < -0.3 is 15.2 Å². The zero-order valence-corrected chi connectivity index (χ0v) is 17.9. The molecule has 3 aromatic rings. The first-order valence-electron chi connectivity index (χ1n) is 9.90. The third kappa shape index (κ3) is 5.45. The van der Waals surface area contributed by atoms with Crippen LogP contribution >= 0.6 is 0 Å². The number of fused-ring (bicyclic) bond motifs is 1. The second kappa shape index (κ2) is 8.83. The maximum Gasteiger partial charge on any atom is 0.405 e. The van der Waals surface area contributed by atoms with E-state index in [4.69, 9.17) is 9.84 Å². The lowest BCUT2D eigenvalue weighted by Gasteiger charge is -2.28. The minimum absolute atomic E-state index is 0.0795. The van der Waals surface area contributed by atoms with Crippen molar-refractivity contribution in [3.63, 3.8) is 0 Å². The molecule has 1 unspecified atom stereocenters. The average molecular weight is 429 g/mol. The van der Waals surface area contributed by atoms with Crippen LogP contribution in [0.4, 0.5) is 13.6 Å². The summed E-state index contributed by atoms with van der Waals surface area (Å²) in [5.41, 5.74) is 1.66. The van der Waals surface area contributed by atoms with Crippen molar-refractivity contribution in [2.45, 2.75) is 39.7 Å². The van der Waals surface area contributed by atoms with Crippen molar-refractivity contribution in [2.75, 3.05) is 6.61 Å². The van der Waals surface area contributed by atoms with E-state index in [9.17, 15) is 13.6 Å². The van der Waals surface area contributed by atoms with Gasteiger partial charge in [-0.1, -0.05) is 6.92 Å². The zero-order valence-electron chi connectivity index (χ0n) is 17.9. The van der Waals surface area contributed by atoms with Crippen molar-refractivity contribution in [1.82, 2.24) is 15.3 Å². The lowest BCUT2D eigenvalue weighted by Crippen LogP contribution is -2.44. The smallest absolute Gasteiger partial charge is 0.405 e. The molecule has 31 heavy (non-hydrogen) atoms. The molecule has 1 amide bonds. The number of aryl methyl sites for hydroxylation is 1. The topological polar surface area (TPSA) is 84.3 Å². The van der Waals surface area contributed by atoms with Gasteiger partial charge in [0.05, 0.1) is 12.1 Å². The summed E-state index contributed by atoms with van der Waals surface area (Å²) < 4.78 is 33.8. The van der Waals surface area contributed by atoms with Crippen LogP contribution in [-0.2, 0) is 0 Å². The Morgan fingerprint density at radius 3 is 2.68 bits per heavy atom. The molecule has 0 saturated heterocycles. The Labute approximate surface area is 179 Å². The van der Waals surface area contributed by atoms with Gasteiger partial charge in [0.1, 0.15) is 11.6 Å². The molecule has 2 heterocycles. The highest BCUT2D eigenvalue weighted by Crippen LogP contribution is 2.32. The Balaban J connectivity index is 1.77. The molecule has 1 aromatic carbocycles. The first kappa shape index (κ1) is 22.4. The molecule has 0 aliphatic rings. The van der Waals surface area contributed by atoms with E-state index in [0.29, 0.717) is 30.0 Å². The fourth-order valence-electron chi connectivity index (χ4n) is 3.80. The van der Waals surface area contributed by atoms with E-state index in [0.717, 1.165) is 11.6 Å². The van der Waals surface area contributed by atoms with Crippen LogP contribution in [0.5, 0.6) is 5.88 Å². The van der Waals surface area contributed by atoms with E-state index < -0.39 is 23.3 Å². The number of benzene rings is 1. The van der Waals surface area contributed by atoms with Crippen molar-refractivity contribution in [3.8, 4) is 17.0 Å². The number of halogens is 2. The second-order valence-electron chi connectivity index (χ2n) is 8.42. The van der Waals surface area contributed by atoms with Crippen LogP contribution in [0.1, 0.15) is 32.8 Å². The Hall–Kier alpha value is -3.29. The Kier molecular flexibility index (Phi) is 6.38. The highest BCUT2D eigenvalue weighted by atomic mass is 19.1. The van der Waals surface area contributed by atoms with Gasteiger partial charge >= 0.3 is 6.09 Å². The summed E-state index contributed by atoms with van der Waals surface area (Å²) in [6.45, 7) is 7.82. The molecule has 0 aliphatic carbocycles. The predicted molar refractivity (Wildman–Crippen MR) is 114 cm³/mol. The number of hydrogen-bond donors (Lipinski definition) is 2. The van der Waals surface area contributed by atoms with E-state index in [1.807, 2.05) is 33.8 Å². The van der Waals surface area contributed by atoms with Gasteiger partial charge in [-0.2, -0.15) is 0 Å². The van der Waals surface area contributed by atoms with E-state index in [1.165, 1.54) is 12.3 Å². The summed E-state index contributed by atoms with van der Waals surface area (Å²) in [5, 5.41) is 11.7. The van der Waals surface area contributed by atoms with Crippen molar-refractivity contribution in [2.24, 2.45) is 5.92 Å². The first-order valence-corrected chi connectivity index (χ1v) is 9.90. The largest absolute Gasteiger partial charge is 0.477 e. The quantitative estimate of drug-likeness (QED) is 0.530. The Morgan fingerprint density at radius 2 is 2.00 bits per heavy atom. The van der Waals surface area contributed by atoms with Crippen LogP contribution in [0, 0.1) is 24.5 Å². The first-order chi connectivity index (χ1) is 14.6. The van der Waals surface area contributed by atoms with Gasteiger partial charge in [-0.05, 0) is 50.8 Å². The number of carboxylic acid groups (broad SMARTS) is 1. The number of carbonyl (C=O) groups is 1. The number of pyridine rings is 2. The minimum atomic E-state index is -1.06. The van der Waals surface area contributed by atoms with E-state index in [1.54, 1.807) is 12.3 Å². The number of nitrogens with zero attached hydrogens (tertiary/aromatic N) is 2. The van der Waals surface area contributed by atoms with Crippen LogP contribution in [0.15, 0.2) is 36.7 Å². The molecule has 8 heteroatoms. The molecule has 2 N–H and O–H groups in total. The van der Waals surface area contributed by atoms with Crippen molar-refractivity contribution < 1.29 is 23.4 Å². The fraction of sp³-hybridized carbons (Fsp3) is 0.348. The third-order valence-corrected chi connectivity index (χ3v) is 4.91. The number of hydrogen-bond acceptors (Lipinski definition) is 4. The number of rotatable bonds is 7. The van der Waals surface area contributed by atoms with E-state index in [-0.39, 0.29) is 16.8 Å². The highest BCUT2D eigenvalue weighted by Gasteiger charge is 2.23. The van der Waals surface area contributed by atoms with Crippen molar-refractivity contribution >= 4 is 17.0 Å². The van der Waals surface area contributed by atoms with Gasteiger partial charge in [-0.15, -0.1) is 0 Å². The second-order valence-corrected chi connectivity index (χ2v) is 8.42. The van der Waals surface area contributed by atoms with Gasteiger partial charge in [0.2, 0.25) is 5.88 Å². The molecular weight excluding hydrogens is 404 g/mol. The molecule has 164 valence electrons. The minimum Gasteiger partial charge on any atom is -0.477 e. The maximum atomic E-state index is 14.4. The van der Waals surface area contributed by atoms with E-state index in [2.05, 4.69) is 15.3 Å². The summed E-state index contributed by atoms with van der Waals surface area (Å²) in [6, 6.07) is 5.54. The summed E-state index contributed by atoms with van der Waals surface area (Å²) in [7, 11) is 0. The van der Waals surface area contributed by atoms with Crippen LogP contribution in [0.3, 0.4) is 0 Å². The Bertz CT molecular complexity index is 1120. The fourth-order valence-corrected chi connectivity index (χ4v) is 3.80. The molecule has 6 nitrogen and oxygen atoms in total. The molecule has 0 aliphatic heterocycles. The van der Waals surface area contributed by atoms with Gasteiger partial charge in [0.25, 0.3) is 0 Å². The maximum absolute atomic E-state index is 14.4. The average Bonchev–Trinajstić information content (AvgIpc) is 2.64. The zero-order chi connectivity index (χ0) is 22.8.